The van der Waals surface area contributed by atoms with Crippen molar-refractivity contribution in [1.82, 2.24) is 5.32 Å². The molecule has 0 saturated heterocycles. The number of carboxylic acids is 1. The molecule has 0 radical (unpaired) electrons. The summed E-state index contributed by atoms with van der Waals surface area (Å²) in [7, 11) is 0. The molecule has 1 aromatic carbocycles. The van der Waals surface area contributed by atoms with Gasteiger partial charge < -0.3 is 15.7 Å². The molecule has 1 atom stereocenters. The van der Waals surface area contributed by atoms with Gasteiger partial charge in [-0.3, -0.25) is 0 Å². The average molecular weight is 278 g/mol. The largest absolute Gasteiger partial charge is 0.480 e. The third-order valence-electron chi connectivity index (χ3n) is 2.99. The molecule has 0 aromatic heterocycles. The summed E-state index contributed by atoms with van der Waals surface area (Å²) in [6.07, 6.45) is 1.11. The molecule has 1 rings (SSSR count). The zero-order valence-electron chi connectivity index (χ0n) is 12.1. The fourth-order valence-corrected chi connectivity index (χ4v) is 1.85. The maximum atomic E-state index is 11.8. The second-order valence-electron chi connectivity index (χ2n) is 5.06. The topological polar surface area (TPSA) is 78.4 Å². The van der Waals surface area contributed by atoms with Crippen LogP contribution in [0.4, 0.5) is 10.5 Å². The van der Waals surface area contributed by atoms with Crippen LogP contribution in [0.15, 0.2) is 24.3 Å². The molecule has 5 nitrogen and oxygen atoms in total. The second kappa shape index (κ2) is 7.53. The number of hydrogen-bond donors (Lipinski definition) is 3. The third-order valence-corrected chi connectivity index (χ3v) is 2.99. The van der Waals surface area contributed by atoms with Crippen LogP contribution in [-0.4, -0.2) is 23.1 Å². The summed E-state index contributed by atoms with van der Waals surface area (Å²) in [5.74, 6) is -0.649. The van der Waals surface area contributed by atoms with Crippen molar-refractivity contribution in [1.29, 1.82) is 0 Å². The van der Waals surface area contributed by atoms with E-state index < -0.39 is 18.0 Å². The summed E-state index contributed by atoms with van der Waals surface area (Å²) in [5, 5.41) is 14.1. The molecule has 0 bridgehead atoms. The highest BCUT2D eigenvalue weighted by molar-refractivity contribution is 5.92. The lowest BCUT2D eigenvalue weighted by molar-refractivity contribution is -0.139. The second-order valence-corrected chi connectivity index (χ2v) is 5.06. The molecule has 0 heterocycles. The monoisotopic (exact) mass is 278 g/mol. The molecular formula is C15H22N2O3. The molecular weight excluding hydrogens is 256 g/mol. The summed E-state index contributed by atoms with van der Waals surface area (Å²) in [4.78, 5) is 22.8. The van der Waals surface area contributed by atoms with Crippen molar-refractivity contribution in [2.75, 3.05) is 5.32 Å². The van der Waals surface area contributed by atoms with Crippen LogP contribution in [-0.2, 0) is 4.79 Å². The van der Waals surface area contributed by atoms with Crippen molar-refractivity contribution in [2.24, 2.45) is 0 Å². The van der Waals surface area contributed by atoms with Crippen LogP contribution in [0.5, 0.6) is 0 Å². The first kappa shape index (κ1) is 16.0. The van der Waals surface area contributed by atoms with Crippen molar-refractivity contribution in [3.8, 4) is 0 Å². The molecule has 0 saturated carbocycles. The van der Waals surface area contributed by atoms with Crippen LogP contribution < -0.4 is 10.6 Å². The smallest absolute Gasteiger partial charge is 0.326 e. The summed E-state index contributed by atoms with van der Waals surface area (Å²) in [6.45, 7) is 6.02. The number of benzene rings is 1. The molecule has 0 aliphatic rings. The molecule has 0 fully saturated rings. The van der Waals surface area contributed by atoms with Gasteiger partial charge >= 0.3 is 12.0 Å². The van der Waals surface area contributed by atoms with Gasteiger partial charge in [-0.2, -0.15) is 0 Å². The average Bonchev–Trinajstić information content (AvgIpc) is 2.38. The highest BCUT2D eigenvalue weighted by Crippen LogP contribution is 2.18. The Morgan fingerprint density at radius 2 is 2.00 bits per heavy atom. The summed E-state index contributed by atoms with van der Waals surface area (Å²) < 4.78 is 0. The van der Waals surface area contributed by atoms with E-state index in [0.29, 0.717) is 24.4 Å². The number of amides is 2. The van der Waals surface area contributed by atoms with Gasteiger partial charge in [0.15, 0.2) is 0 Å². The van der Waals surface area contributed by atoms with Crippen molar-refractivity contribution in [3.63, 3.8) is 0 Å². The number of urea groups is 1. The van der Waals surface area contributed by atoms with E-state index >= 15 is 0 Å². The third kappa shape index (κ3) is 4.91. The van der Waals surface area contributed by atoms with Gasteiger partial charge in [0.1, 0.15) is 6.04 Å². The van der Waals surface area contributed by atoms with Crippen LogP contribution in [0.2, 0.25) is 0 Å². The maximum absolute atomic E-state index is 11.8. The first-order chi connectivity index (χ1) is 9.43. The predicted octanol–water partition coefficient (Wildman–Crippen LogP) is 3.18. The zero-order chi connectivity index (χ0) is 15.1. The minimum atomic E-state index is -1.02. The van der Waals surface area contributed by atoms with E-state index in [1.54, 1.807) is 6.07 Å². The fourth-order valence-electron chi connectivity index (χ4n) is 1.85. The number of hydrogen-bond acceptors (Lipinski definition) is 2. The van der Waals surface area contributed by atoms with Crippen molar-refractivity contribution >= 4 is 17.7 Å². The Labute approximate surface area is 119 Å². The molecule has 2 amide bonds. The Morgan fingerprint density at radius 1 is 1.30 bits per heavy atom. The van der Waals surface area contributed by atoms with Gasteiger partial charge in [-0.1, -0.05) is 39.3 Å². The van der Waals surface area contributed by atoms with Crippen LogP contribution >= 0.6 is 0 Å². The van der Waals surface area contributed by atoms with Gasteiger partial charge in [0.25, 0.3) is 0 Å². The lowest BCUT2D eigenvalue weighted by Crippen LogP contribution is -2.42. The number of carbonyl (C=O) groups is 2. The number of anilines is 1. The number of nitrogens with one attached hydrogen (secondary N) is 2. The molecule has 5 heteroatoms. The normalized spacial score (nSPS) is 12.0. The Morgan fingerprint density at radius 3 is 2.55 bits per heavy atom. The molecule has 0 aliphatic heterocycles. The van der Waals surface area contributed by atoms with Crippen molar-refractivity contribution < 1.29 is 14.7 Å². The lowest BCUT2D eigenvalue weighted by Gasteiger charge is -2.15. The maximum Gasteiger partial charge on any atom is 0.326 e. The van der Waals surface area contributed by atoms with E-state index in [1.807, 2.05) is 25.1 Å². The summed E-state index contributed by atoms with van der Waals surface area (Å²) in [5.41, 5.74) is 1.78. The quantitative estimate of drug-likeness (QED) is 0.747. The Kier molecular flexibility index (Phi) is 6.03. The molecule has 3 N–H and O–H groups in total. The highest BCUT2D eigenvalue weighted by atomic mass is 16.4. The Balaban J connectivity index is 2.65. The number of carboxylic acid groups (broad SMARTS) is 1. The number of carbonyl (C=O) groups excluding carboxylic acids is 1. The van der Waals surface area contributed by atoms with E-state index in [4.69, 9.17) is 5.11 Å². The van der Waals surface area contributed by atoms with Gasteiger partial charge in [0.2, 0.25) is 0 Å². The standard InChI is InChI=1S/C15H22N2O3/c1-4-6-13(14(18)19)17-15(20)16-12-8-5-7-11(9-12)10(2)3/h5,7-10,13H,4,6H2,1-3H3,(H,18,19)(H2,16,17,20)/t13-/m0/s1. The zero-order valence-corrected chi connectivity index (χ0v) is 12.1. The fraction of sp³-hybridized carbons (Fsp3) is 0.467. The van der Waals surface area contributed by atoms with Gasteiger partial charge in [-0.15, -0.1) is 0 Å². The Hall–Kier alpha value is -2.04. The minimum absolute atomic E-state index is 0.367. The van der Waals surface area contributed by atoms with E-state index in [9.17, 15) is 9.59 Å². The predicted molar refractivity (Wildman–Crippen MR) is 79.0 cm³/mol. The van der Waals surface area contributed by atoms with Crippen LogP contribution in [0.3, 0.4) is 0 Å². The van der Waals surface area contributed by atoms with Gasteiger partial charge in [-0.25, -0.2) is 9.59 Å². The summed E-state index contributed by atoms with van der Waals surface area (Å²) >= 11 is 0. The molecule has 0 spiro atoms. The van der Waals surface area contributed by atoms with E-state index in [2.05, 4.69) is 24.5 Å². The summed E-state index contributed by atoms with van der Waals surface area (Å²) in [6, 6.07) is 6.18. The van der Waals surface area contributed by atoms with E-state index in [-0.39, 0.29) is 0 Å². The van der Waals surface area contributed by atoms with Crippen LogP contribution in [0.1, 0.15) is 45.1 Å². The number of aliphatic carboxylic acids is 1. The SMILES string of the molecule is CCC[C@H](NC(=O)Nc1cccc(C(C)C)c1)C(=O)O. The van der Waals surface area contributed by atoms with Gasteiger partial charge in [0.05, 0.1) is 0 Å². The molecule has 1 aromatic rings. The van der Waals surface area contributed by atoms with Crippen molar-refractivity contribution in [3.05, 3.63) is 29.8 Å². The van der Waals surface area contributed by atoms with E-state index in [1.165, 1.54) is 0 Å². The van der Waals surface area contributed by atoms with Crippen molar-refractivity contribution in [2.45, 2.75) is 45.6 Å². The highest BCUT2D eigenvalue weighted by Gasteiger charge is 2.18. The van der Waals surface area contributed by atoms with Crippen LogP contribution in [0.25, 0.3) is 0 Å². The first-order valence-corrected chi connectivity index (χ1v) is 6.84. The lowest BCUT2D eigenvalue weighted by atomic mass is 10.0. The molecule has 0 unspecified atom stereocenters. The first-order valence-electron chi connectivity index (χ1n) is 6.84. The number of rotatable bonds is 6. The molecule has 0 aliphatic carbocycles. The van der Waals surface area contributed by atoms with Gasteiger partial charge in [0, 0.05) is 5.69 Å². The molecule has 20 heavy (non-hydrogen) atoms. The Bertz CT molecular complexity index is 472. The molecule has 110 valence electrons. The van der Waals surface area contributed by atoms with Gasteiger partial charge in [-0.05, 0) is 30.0 Å². The van der Waals surface area contributed by atoms with E-state index in [0.717, 1.165) is 5.56 Å². The minimum Gasteiger partial charge on any atom is -0.480 e. The van der Waals surface area contributed by atoms with Crippen LogP contribution in [0, 0.1) is 0 Å².